The second-order valence-corrected chi connectivity index (χ2v) is 29.8. The van der Waals surface area contributed by atoms with Crippen LogP contribution in [0.3, 0.4) is 0 Å². The highest BCUT2D eigenvalue weighted by molar-refractivity contribution is 6.74. The van der Waals surface area contributed by atoms with Crippen LogP contribution in [0.15, 0.2) is 47.6 Å². The number of piperidine rings is 1. The molecule has 3 aliphatic heterocycles. The third kappa shape index (κ3) is 19.7. The lowest BCUT2D eigenvalue weighted by atomic mass is 9.78. The second kappa shape index (κ2) is 32.0. The Morgan fingerprint density at radius 3 is 2.22 bits per heavy atom. The van der Waals surface area contributed by atoms with Crippen molar-refractivity contribution < 1.29 is 71.8 Å². The number of fused-ring (bicyclic) bond motifs is 3. The number of esters is 1. The fourth-order valence-electron chi connectivity index (χ4n) is 11.3. The minimum Gasteiger partial charge on any atom is -0.460 e. The van der Waals surface area contributed by atoms with Crippen molar-refractivity contribution in [3.05, 3.63) is 47.6 Å². The zero-order valence-electron chi connectivity index (χ0n) is 50.9. The summed E-state index contributed by atoms with van der Waals surface area (Å²) in [6.07, 6.45) is 13.0. The number of ketones is 3. The molecule has 16 nitrogen and oxygen atoms in total. The number of rotatable bonds is 15. The van der Waals surface area contributed by atoms with Gasteiger partial charge < -0.3 is 52.7 Å². The molecule has 2 bridgehead atoms. The van der Waals surface area contributed by atoms with Crippen LogP contribution in [0.2, 0.25) is 18.1 Å². The number of aliphatic hydroxyl groups excluding tert-OH is 1. The molecule has 3 heterocycles. The van der Waals surface area contributed by atoms with Crippen LogP contribution in [0, 0.1) is 35.5 Å². The van der Waals surface area contributed by atoms with Gasteiger partial charge in [0.1, 0.15) is 30.1 Å². The molecule has 4 aliphatic rings. The van der Waals surface area contributed by atoms with E-state index >= 15 is 0 Å². The molecule has 0 aromatic carbocycles. The van der Waals surface area contributed by atoms with Crippen molar-refractivity contribution in [3.63, 3.8) is 0 Å². The first-order valence-corrected chi connectivity index (χ1v) is 32.4. The van der Waals surface area contributed by atoms with Crippen LogP contribution in [0.25, 0.3) is 0 Å². The van der Waals surface area contributed by atoms with Crippen molar-refractivity contribution in [2.75, 3.05) is 54.3 Å². The van der Waals surface area contributed by atoms with Crippen LogP contribution >= 0.6 is 0 Å². The molecule has 1 saturated carbocycles. The number of hydrogen-bond donors (Lipinski definition) is 2. The number of ether oxygens (including phenoxy) is 7. The third-order valence-electron chi connectivity index (χ3n) is 17.7. The summed E-state index contributed by atoms with van der Waals surface area (Å²) >= 11 is 0. The van der Waals surface area contributed by atoms with Crippen molar-refractivity contribution in [2.45, 2.75) is 225 Å². The van der Waals surface area contributed by atoms with Crippen LogP contribution in [0.4, 0.5) is 0 Å². The van der Waals surface area contributed by atoms with Gasteiger partial charge in [-0.15, -0.1) is 0 Å². The fourth-order valence-corrected chi connectivity index (χ4v) is 12.4. The van der Waals surface area contributed by atoms with Gasteiger partial charge in [-0.25, -0.2) is 4.79 Å². The minimum absolute atomic E-state index is 0.00178. The Morgan fingerprint density at radius 1 is 0.823 bits per heavy atom. The first-order chi connectivity index (χ1) is 37.2. The summed E-state index contributed by atoms with van der Waals surface area (Å²) in [7, 11) is 2.80. The molecule has 79 heavy (non-hydrogen) atoms. The van der Waals surface area contributed by atoms with Crippen molar-refractivity contribution >= 4 is 37.5 Å². The molecular formula is C62H103NO15Si. The summed E-state index contributed by atoms with van der Waals surface area (Å²) in [5.74, 6) is -7.98. The van der Waals surface area contributed by atoms with E-state index in [0.717, 1.165) is 24.8 Å². The number of allylic oxidation sites excluding steroid dienone is 6. The third-order valence-corrected chi connectivity index (χ3v) is 22.2. The Hall–Kier alpha value is -3.23. The standard InChI is InChI=1S/C62H103NO15Si/c1-40-22-17-16-18-23-41(2)52(75-33-32-71-11)38-48-27-25-46(7)62(70,78-48)58(67)59(68)63-29-20-19-24-49(63)60(69)77-53(39-50(64)42(3)35-45(6)56(66)57(73-13)55(65)44(5)34-40)43(4)36-47-26-28-51(54(37-47)72-12)74-30-21-31-76-79(14,15)61(8,9)10/h16-18,22-23,35,40,42-44,46-49,51-54,56-57,66,70H,19-21,24-34,36-39H2,1-15H3/b18-16+,22-17+,41-23+,45-35+/t40-,42-,43-,44-,46-,47+,48+,49+,51-,52+,53+,54-,56-,57+,62-/m1/s1. The lowest BCUT2D eigenvalue weighted by molar-refractivity contribution is -0.266. The number of Topliss-reactive ketones (excluding diaryl/α,β-unsaturated/α-hetero) is 3. The van der Waals surface area contributed by atoms with Gasteiger partial charge in [0.2, 0.25) is 5.79 Å². The molecule has 1 amide bonds. The Kier molecular flexibility index (Phi) is 27.6. The molecule has 0 aromatic heterocycles. The van der Waals surface area contributed by atoms with Gasteiger partial charge in [0.05, 0.1) is 37.6 Å². The molecule has 2 N–H and O–H groups in total. The SMILES string of the molecule is COCCO[C@H]1C[C@@H]2CC[C@@H](C)[C@@](O)(O2)C(=O)C(=O)N2CCCC[C@H]2C(=O)O[C@H]([C@H](C)C[C@@H]2CC[C@@H](OCCCO[Si](C)(C)C(C)(C)C)[C@H](OC)C2)CC(=O)[C@H](C)/C=C(\C)[C@@H](O)[C@@H](OC)C(=O)[C@H](C)C[C@H](C)/C=C/C=C/C=C/1C. The van der Waals surface area contributed by atoms with Crippen LogP contribution in [0.1, 0.15) is 153 Å². The van der Waals surface area contributed by atoms with Gasteiger partial charge >= 0.3 is 5.97 Å². The molecule has 15 atom stereocenters. The monoisotopic (exact) mass is 1130 g/mol. The second-order valence-electron chi connectivity index (χ2n) is 25.0. The molecule has 0 aromatic rings. The van der Waals surface area contributed by atoms with E-state index in [9.17, 15) is 34.2 Å². The van der Waals surface area contributed by atoms with Crippen LogP contribution < -0.4 is 0 Å². The van der Waals surface area contributed by atoms with E-state index in [1.807, 2.05) is 58.1 Å². The van der Waals surface area contributed by atoms with Gasteiger partial charge in [-0.3, -0.25) is 19.2 Å². The van der Waals surface area contributed by atoms with E-state index in [0.29, 0.717) is 70.3 Å². The summed E-state index contributed by atoms with van der Waals surface area (Å²) in [6.45, 7) is 25.9. The molecule has 17 heteroatoms. The maximum Gasteiger partial charge on any atom is 0.329 e. The predicted octanol–water partition coefficient (Wildman–Crippen LogP) is 9.63. The van der Waals surface area contributed by atoms with Gasteiger partial charge in [0, 0.05) is 71.7 Å². The number of hydrogen-bond acceptors (Lipinski definition) is 15. The first-order valence-electron chi connectivity index (χ1n) is 29.5. The normalized spacial score (nSPS) is 35.8. The number of cyclic esters (lactones) is 1. The molecule has 450 valence electrons. The van der Waals surface area contributed by atoms with Gasteiger partial charge in [0.25, 0.3) is 11.7 Å². The van der Waals surface area contributed by atoms with Crippen molar-refractivity contribution in [2.24, 2.45) is 35.5 Å². The Balaban J connectivity index is 1.65. The molecule has 3 fully saturated rings. The van der Waals surface area contributed by atoms with E-state index in [4.69, 9.17) is 37.6 Å². The maximum atomic E-state index is 14.7. The smallest absolute Gasteiger partial charge is 0.329 e. The minimum atomic E-state index is -2.46. The number of nitrogens with zero attached hydrogens (tertiary/aromatic N) is 1. The zero-order chi connectivity index (χ0) is 58.8. The van der Waals surface area contributed by atoms with Gasteiger partial charge in [-0.2, -0.15) is 0 Å². The molecule has 2 saturated heterocycles. The highest BCUT2D eigenvalue weighted by Crippen LogP contribution is 2.39. The Morgan fingerprint density at radius 2 is 1.54 bits per heavy atom. The van der Waals surface area contributed by atoms with Crippen molar-refractivity contribution in [3.8, 4) is 0 Å². The molecular weight excluding hydrogens is 1030 g/mol. The van der Waals surface area contributed by atoms with Crippen LogP contribution in [-0.2, 0) is 61.6 Å². The van der Waals surface area contributed by atoms with Crippen molar-refractivity contribution in [1.29, 1.82) is 0 Å². The Bertz CT molecular complexity index is 2100. The number of carbonyl (C=O) groups excluding carboxylic acids is 5. The lowest BCUT2D eigenvalue weighted by Gasteiger charge is -2.43. The molecule has 4 rings (SSSR count). The van der Waals surface area contributed by atoms with E-state index < -0.39 is 86.1 Å². The summed E-state index contributed by atoms with van der Waals surface area (Å²) in [5.41, 5.74) is 1.26. The van der Waals surface area contributed by atoms with Gasteiger partial charge in [-0.1, -0.05) is 91.8 Å². The number of amides is 1. The average Bonchev–Trinajstić information content (AvgIpc) is 3.41. The predicted molar refractivity (Wildman–Crippen MR) is 307 cm³/mol. The number of aliphatic hydroxyl groups is 2. The first kappa shape index (κ1) is 68.3. The van der Waals surface area contributed by atoms with Crippen molar-refractivity contribution in [1.82, 2.24) is 4.90 Å². The molecule has 1 aliphatic carbocycles. The fraction of sp³-hybridized carbons (Fsp3) is 0.790. The topological polar surface area (TPSA) is 203 Å². The maximum absolute atomic E-state index is 14.7. The lowest BCUT2D eigenvalue weighted by Crippen LogP contribution is -2.61. The summed E-state index contributed by atoms with van der Waals surface area (Å²) in [6, 6.07) is -1.15. The van der Waals surface area contributed by atoms with Crippen LogP contribution in [-0.4, -0.2) is 162 Å². The van der Waals surface area contributed by atoms with E-state index in [-0.39, 0.29) is 79.0 Å². The molecule has 0 unspecified atom stereocenters. The summed E-state index contributed by atoms with van der Waals surface area (Å²) in [4.78, 5) is 73.2. The highest BCUT2D eigenvalue weighted by atomic mass is 28.4. The Labute approximate surface area is 475 Å². The van der Waals surface area contributed by atoms with Gasteiger partial charge in [-0.05, 0) is 132 Å². The van der Waals surface area contributed by atoms with E-state index in [2.05, 4.69) is 33.9 Å². The zero-order valence-corrected chi connectivity index (χ0v) is 51.9. The summed E-state index contributed by atoms with van der Waals surface area (Å²) in [5, 5.41) is 23.9. The number of carbonyl (C=O) groups is 5. The largest absolute Gasteiger partial charge is 0.460 e. The molecule has 0 spiro atoms. The number of methoxy groups -OCH3 is 3. The van der Waals surface area contributed by atoms with Gasteiger partial charge in [0.15, 0.2) is 14.1 Å². The van der Waals surface area contributed by atoms with E-state index in [1.165, 1.54) is 12.0 Å². The highest BCUT2D eigenvalue weighted by Gasteiger charge is 2.53. The van der Waals surface area contributed by atoms with Crippen LogP contribution in [0.5, 0.6) is 0 Å². The quantitative estimate of drug-likeness (QED) is 0.0515. The van der Waals surface area contributed by atoms with E-state index in [1.54, 1.807) is 41.1 Å². The average molecular weight is 1130 g/mol. The molecule has 0 radical (unpaired) electrons. The summed E-state index contributed by atoms with van der Waals surface area (Å²) < 4.78 is 48.7.